The van der Waals surface area contributed by atoms with Crippen molar-refractivity contribution in [3.8, 4) is 0 Å². The van der Waals surface area contributed by atoms with Crippen molar-refractivity contribution in [1.82, 2.24) is 15.1 Å². The summed E-state index contributed by atoms with van der Waals surface area (Å²) in [6.45, 7) is 3.03. The van der Waals surface area contributed by atoms with Crippen LogP contribution in [0.25, 0.3) is 0 Å². The van der Waals surface area contributed by atoms with Gasteiger partial charge in [-0.15, -0.1) is 0 Å². The summed E-state index contributed by atoms with van der Waals surface area (Å²) >= 11 is 0. The van der Waals surface area contributed by atoms with Crippen LogP contribution in [0.1, 0.15) is 30.5 Å². The van der Waals surface area contributed by atoms with Gasteiger partial charge >= 0.3 is 0 Å². The zero-order valence-electron chi connectivity index (χ0n) is 9.94. The van der Waals surface area contributed by atoms with Gasteiger partial charge in [0.05, 0.1) is 18.4 Å². The summed E-state index contributed by atoms with van der Waals surface area (Å²) in [6, 6.07) is 0.554. The molecule has 0 spiro atoms. The molecular weight excluding hydrogens is 202 g/mol. The monoisotopic (exact) mass is 221 g/mol. The van der Waals surface area contributed by atoms with Crippen molar-refractivity contribution >= 4 is 0 Å². The summed E-state index contributed by atoms with van der Waals surface area (Å²) in [6.07, 6.45) is 6.61. The zero-order chi connectivity index (χ0) is 11.1. The summed E-state index contributed by atoms with van der Waals surface area (Å²) in [5.74, 6) is 0. The second kappa shape index (κ2) is 3.86. The number of nitrogens with one attached hydrogen (secondary N) is 1. The van der Waals surface area contributed by atoms with Crippen LogP contribution < -0.4 is 5.32 Å². The Hall–Kier alpha value is -0.870. The number of rotatable bonds is 3. The maximum absolute atomic E-state index is 5.83. The Morgan fingerprint density at radius 2 is 2.44 bits per heavy atom. The van der Waals surface area contributed by atoms with Crippen LogP contribution in [0.2, 0.25) is 0 Å². The third-order valence-corrected chi connectivity index (χ3v) is 4.00. The Kier molecular flexibility index (Phi) is 2.48. The van der Waals surface area contributed by atoms with Gasteiger partial charge in [0, 0.05) is 30.9 Å². The van der Waals surface area contributed by atoms with Gasteiger partial charge in [-0.25, -0.2) is 0 Å². The van der Waals surface area contributed by atoms with Gasteiger partial charge in [0.1, 0.15) is 0 Å². The van der Waals surface area contributed by atoms with Crippen molar-refractivity contribution < 1.29 is 4.74 Å². The van der Waals surface area contributed by atoms with E-state index in [1.807, 2.05) is 17.9 Å². The minimum absolute atomic E-state index is 0.460. The normalized spacial score (nSPS) is 32.5. The first-order valence-corrected chi connectivity index (χ1v) is 6.10. The third-order valence-electron chi connectivity index (χ3n) is 4.00. The molecule has 3 heterocycles. The van der Waals surface area contributed by atoms with Gasteiger partial charge in [-0.2, -0.15) is 5.10 Å². The predicted molar refractivity (Wildman–Crippen MR) is 61.1 cm³/mol. The van der Waals surface area contributed by atoms with E-state index in [0.29, 0.717) is 18.2 Å². The highest BCUT2D eigenvalue weighted by molar-refractivity contribution is 5.15. The first-order chi connectivity index (χ1) is 7.74. The predicted octanol–water partition coefficient (Wildman–Crippen LogP) is 1.14. The number of hydrogen-bond acceptors (Lipinski definition) is 3. The molecule has 2 aliphatic heterocycles. The highest BCUT2D eigenvalue weighted by Crippen LogP contribution is 2.34. The molecule has 3 unspecified atom stereocenters. The van der Waals surface area contributed by atoms with E-state index in [9.17, 15) is 0 Å². The molecule has 2 fully saturated rings. The molecule has 1 N–H and O–H groups in total. The number of nitrogens with zero attached hydrogens (tertiary/aromatic N) is 2. The van der Waals surface area contributed by atoms with Crippen LogP contribution in [0.4, 0.5) is 0 Å². The van der Waals surface area contributed by atoms with Gasteiger partial charge in [-0.3, -0.25) is 4.68 Å². The van der Waals surface area contributed by atoms with Crippen molar-refractivity contribution in [3.05, 3.63) is 17.5 Å². The average molecular weight is 221 g/mol. The highest BCUT2D eigenvalue weighted by atomic mass is 16.5. The van der Waals surface area contributed by atoms with Crippen LogP contribution in [0.15, 0.2) is 6.20 Å². The van der Waals surface area contributed by atoms with E-state index in [0.717, 1.165) is 6.54 Å². The second-order valence-electron chi connectivity index (χ2n) is 4.98. The Morgan fingerprint density at radius 3 is 3.00 bits per heavy atom. The molecule has 16 heavy (non-hydrogen) atoms. The Balaban J connectivity index is 1.59. The summed E-state index contributed by atoms with van der Waals surface area (Å²) < 4.78 is 7.75. The Bertz CT molecular complexity index is 388. The molecule has 2 bridgehead atoms. The van der Waals surface area contributed by atoms with E-state index in [1.54, 1.807) is 0 Å². The van der Waals surface area contributed by atoms with E-state index in [-0.39, 0.29) is 0 Å². The molecule has 3 atom stereocenters. The summed E-state index contributed by atoms with van der Waals surface area (Å²) in [5.41, 5.74) is 2.54. The average Bonchev–Trinajstić information content (AvgIpc) is 2.95. The van der Waals surface area contributed by atoms with Crippen LogP contribution in [0, 0.1) is 6.92 Å². The number of hydrogen-bond donors (Lipinski definition) is 1. The number of aryl methyl sites for hydroxylation is 1. The fourth-order valence-electron chi connectivity index (χ4n) is 2.81. The first-order valence-electron chi connectivity index (χ1n) is 6.10. The van der Waals surface area contributed by atoms with Crippen molar-refractivity contribution in [2.24, 2.45) is 7.05 Å². The lowest BCUT2D eigenvalue weighted by Gasteiger charge is -2.19. The summed E-state index contributed by atoms with van der Waals surface area (Å²) in [4.78, 5) is 0. The van der Waals surface area contributed by atoms with Gasteiger partial charge in [0.2, 0.25) is 0 Å². The van der Waals surface area contributed by atoms with E-state index in [2.05, 4.69) is 17.3 Å². The quantitative estimate of drug-likeness (QED) is 0.832. The molecule has 1 aromatic rings. The third kappa shape index (κ3) is 1.66. The lowest BCUT2D eigenvalue weighted by molar-refractivity contribution is 0.0973. The summed E-state index contributed by atoms with van der Waals surface area (Å²) in [7, 11) is 1.99. The van der Waals surface area contributed by atoms with Gasteiger partial charge in [-0.05, 0) is 26.2 Å². The van der Waals surface area contributed by atoms with E-state index in [4.69, 9.17) is 4.74 Å². The number of ether oxygens (including phenoxy) is 1. The lowest BCUT2D eigenvalue weighted by Crippen LogP contribution is -2.37. The van der Waals surface area contributed by atoms with Crippen LogP contribution in [-0.2, 0) is 18.3 Å². The molecule has 88 valence electrons. The first kappa shape index (κ1) is 10.3. The lowest BCUT2D eigenvalue weighted by atomic mass is 9.95. The van der Waals surface area contributed by atoms with Gasteiger partial charge in [-0.1, -0.05) is 0 Å². The fraction of sp³-hybridized carbons (Fsp3) is 0.750. The highest BCUT2D eigenvalue weighted by Gasteiger charge is 2.40. The molecular formula is C12H19N3O. The molecule has 1 aromatic heterocycles. The largest absolute Gasteiger partial charge is 0.373 e. The standard InChI is InChI=1S/C12H19N3O/c1-8-9(7-14-15(8)2)6-13-11-5-10-3-4-12(11)16-10/h7,10-13H,3-6H2,1-2H3. The maximum Gasteiger partial charge on any atom is 0.0733 e. The second-order valence-corrected chi connectivity index (χ2v) is 4.98. The molecule has 4 heteroatoms. The molecule has 0 saturated carbocycles. The smallest absolute Gasteiger partial charge is 0.0733 e. The van der Waals surface area contributed by atoms with Crippen LogP contribution in [0.5, 0.6) is 0 Å². The molecule has 0 aliphatic carbocycles. The number of aromatic nitrogens is 2. The van der Waals surface area contributed by atoms with Crippen LogP contribution >= 0.6 is 0 Å². The maximum atomic E-state index is 5.83. The molecule has 0 aromatic carbocycles. The van der Waals surface area contributed by atoms with E-state index < -0.39 is 0 Å². The van der Waals surface area contributed by atoms with E-state index in [1.165, 1.54) is 30.5 Å². The molecule has 4 nitrogen and oxygen atoms in total. The van der Waals surface area contributed by atoms with Crippen LogP contribution in [-0.4, -0.2) is 28.0 Å². The zero-order valence-corrected chi connectivity index (χ0v) is 9.94. The number of fused-ring (bicyclic) bond motifs is 2. The molecule has 0 amide bonds. The SMILES string of the molecule is Cc1c(CNC2CC3CCC2O3)cnn1C. The van der Waals surface area contributed by atoms with Gasteiger partial charge < -0.3 is 10.1 Å². The minimum atomic E-state index is 0.460. The molecule has 3 rings (SSSR count). The van der Waals surface area contributed by atoms with E-state index >= 15 is 0 Å². The van der Waals surface area contributed by atoms with Crippen molar-refractivity contribution in [3.63, 3.8) is 0 Å². The van der Waals surface area contributed by atoms with Gasteiger partial charge in [0.25, 0.3) is 0 Å². The van der Waals surface area contributed by atoms with Crippen molar-refractivity contribution in [1.29, 1.82) is 0 Å². The Morgan fingerprint density at radius 1 is 1.56 bits per heavy atom. The summed E-state index contributed by atoms with van der Waals surface area (Å²) in [5, 5.41) is 7.86. The minimum Gasteiger partial charge on any atom is -0.373 e. The molecule has 2 saturated heterocycles. The van der Waals surface area contributed by atoms with Gasteiger partial charge in [0.15, 0.2) is 0 Å². The molecule has 2 aliphatic rings. The fourth-order valence-corrected chi connectivity index (χ4v) is 2.81. The molecule has 0 radical (unpaired) electrons. The van der Waals surface area contributed by atoms with Crippen molar-refractivity contribution in [2.75, 3.05) is 0 Å². The van der Waals surface area contributed by atoms with Crippen molar-refractivity contribution in [2.45, 2.75) is 51.0 Å². The van der Waals surface area contributed by atoms with Crippen LogP contribution in [0.3, 0.4) is 0 Å². The topological polar surface area (TPSA) is 39.1 Å². The Labute approximate surface area is 96.0 Å².